The number of rotatable bonds is 4. The van der Waals surface area contributed by atoms with E-state index >= 15 is 0 Å². The highest BCUT2D eigenvalue weighted by molar-refractivity contribution is 7.99. The number of halogens is 1. The first-order valence-corrected chi connectivity index (χ1v) is 6.65. The molecule has 1 aliphatic rings. The fraction of sp³-hybridized carbons (Fsp3) is 0.500. The van der Waals surface area contributed by atoms with Crippen molar-refractivity contribution in [2.45, 2.75) is 23.8 Å². The van der Waals surface area contributed by atoms with E-state index in [0.717, 1.165) is 30.7 Å². The zero-order valence-electron chi connectivity index (χ0n) is 9.21. The predicted octanol–water partition coefficient (Wildman–Crippen LogP) is 2.30. The third kappa shape index (κ3) is 2.75. The second kappa shape index (κ2) is 5.66. The average Bonchev–Trinajstić information content (AvgIpc) is 2.30. The maximum Gasteiger partial charge on any atom is 0.123 e. The number of benzene rings is 1. The zero-order chi connectivity index (χ0) is 11.4. The lowest BCUT2D eigenvalue weighted by Gasteiger charge is -2.26. The highest BCUT2D eigenvalue weighted by Gasteiger charge is 2.20. The van der Waals surface area contributed by atoms with Crippen LogP contribution in [0.15, 0.2) is 23.1 Å². The minimum Gasteiger partial charge on any atom is -0.330 e. The summed E-state index contributed by atoms with van der Waals surface area (Å²) in [5, 5.41) is 3.45. The first-order chi connectivity index (χ1) is 7.81. The van der Waals surface area contributed by atoms with Crippen LogP contribution in [0.5, 0.6) is 0 Å². The van der Waals surface area contributed by atoms with E-state index < -0.39 is 0 Å². The van der Waals surface area contributed by atoms with Gasteiger partial charge in [-0.2, -0.15) is 0 Å². The van der Waals surface area contributed by atoms with Crippen LogP contribution in [0.2, 0.25) is 0 Å². The second-order valence-electron chi connectivity index (χ2n) is 3.97. The van der Waals surface area contributed by atoms with Gasteiger partial charge in [0.05, 0.1) is 0 Å². The molecule has 1 unspecified atom stereocenters. The molecule has 4 heteroatoms. The summed E-state index contributed by atoms with van der Waals surface area (Å²) in [6.07, 6.45) is 2.03. The third-order valence-corrected chi connectivity index (χ3v) is 3.91. The summed E-state index contributed by atoms with van der Waals surface area (Å²) < 4.78 is 13.2. The molecule has 2 rings (SSSR count). The summed E-state index contributed by atoms with van der Waals surface area (Å²) >= 11 is 1.81. The first-order valence-electron chi connectivity index (χ1n) is 5.67. The maximum absolute atomic E-state index is 13.2. The van der Waals surface area contributed by atoms with E-state index in [1.807, 2.05) is 17.8 Å². The van der Waals surface area contributed by atoms with Gasteiger partial charge in [-0.05, 0) is 55.4 Å². The Balaban J connectivity index is 2.09. The van der Waals surface area contributed by atoms with Gasteiger partial charge in [-0.15, -0.1) is 11.8 Å². The van der Waals surface area contributed by atoms with Crippen molar-refractivity contribution in [2.75, 3.05) is 18.8 Å². The molecule has 0 spiro atoms. The van der Waals surface area contributed by atoms with Crippen LogP contribution in [0.25, 0.3) is 0 Å². The van der Waals surface area contributed by atoms with Gasteiger partial charge in [0, 0.05) is 10.9 Å². The molecule has 0 radical (unpaired) electrons. The van der Waals surface area contributed by atoms with Crippen LogP contribution in [-0.2, 0) is 0 Å². The summed E-state index contributed by atoms with van der Waals surface area (Å²) in [5.74, 6) is 0.950. The lowest BCUT2D eigenvalue weighted by atomic mass is 10.0. The van der Waals surface area contributed by atoms with Crippen molar-refractivity contribution in [3.05, 3.63) is 29.6 Å². The summed E-state index contributed by atoms with van der Waals surface area (Å²) in [6, 6.07) is 5.36. The Kier molecular flexibility index (Phi) is 4.21. The van der Waals surface area contributed by atoms with Crippen molar-refractivity contribution >= 4 is 11.8 Å². The van der Waals surface area contributed by atoms with Crippen molar-refractivity contribution in [1.29, 1.82) is 0 Å². The molecule has 1 heterocycles. The van der Waals surface area contributed by atoms with Crippen LogP contribution >= 0.6 is 11.8 Å². The number of nitrogens with two attached hydrogens (primary N) is 1. The molecule has 0 aromatic heterocycles. The van der Waals surface area contributed by atoms with Gasteiger partial charge >= 0.3 is 0 Å². The molecule has 1 aromatic carbocycles. The van der Waals surface area contributed by atoms with E-state index in [4.69, 9.17) is 5.73 Å². The molecule has 0 saturated heterocycles. The highest BCUT2D eigenvalue weighted by atomic mass is 32.2. The Hall–Kier alpha value is -0.580. The maximum atomic E-state index is 13.2. The van der Waals surface area contributed by atoms with Crippen molar-refractivity contribution in [3.8, 4) is 0 Å². The van der Waals surface area contributed by atoms with E-state index in [2.05, 4.69) is 5.32 Å². The lowest BCUT2D eigenvalue weighted by molar-refractivity contribution is 0.500. The molecule has 16 heavy (non-hydrogen) atoms. The monoisotopic (exact) mass is 240 g/mol. The van der Waals surface area contributed by atoms with Crippen LogP contribution in [0.3, 0.4) is 0 Å². The summed E-state index contributed by atoms with van der Waals surface area (Å²) in [7, 11) is 0. The molecule has 3 N–H and O–H groups in total. The van der Waals surface area contributed by atoms with Gasteiger partial charge in [-0.3, -0.25) is 0 Å². The molecule has 0 saturated carbocycles. The largest absolute Gasteiger partial charge is 0.330 e. The number of fused-ring (bicyclic) bond motifs is 1. The van der Waals surface area contributed by atoms with E-state index in [-0.39, 0.29) is 5.82 Å². The topological polar surface area (TPSA) is 38.0 Å². The van der Waals surface area contributed by atoms with Crippen molar-refractivity contribution in [1.82, 2.24) is 5.32 Å². The molecule has 1 aromatic rings. The van der Waals surface area contributed by atoms with Crippen molar-refractivity contribution < 1.29 is 4.39 Å². The number of thioether (sulfide) groups is 1. The van der Waals surface area contributed by atoms with Crippen LogP contribution in [-0.4, -0.2) is 18.8 Å². The Morgan fingerprint density at radius 3 is 3.19 bits per heavy atom. The van der Waals surface area contributed by atoms with E-state index in [1.165, 1.54) is 11.0 Å². The number of hydrogen-bond acceptors (Lipinski definition) is 3. The number of hydrogen-bond donors (Lipinski definition) is 2. The van der Waals surface area contributed by atoms with Gasteiger partial charge in [0.15, 0.2) is 0 Å². The Morgan fingerprint density at radius 2 is 2.38 bits per heavy atom. The summed E-state index contributed by atoms with van der Waals surface area (Å²) in [4.78, 5) is 1.21. The smallest absolute Gasteiger partial charge is 0.123 e. The minimum absolute atomic E-state index is 0.146. The standard InChI is InChI=1S/C12H17FN2S/c13-9-2-3-12-10(8-9)11(4-7-16-12)15-6-1-5-14/h2-3,8,11,15H,1,4-7,14H2. The Labute approximate surface area is 99.8 Å². The number of nitrogens with one attached hydrogen (secondary N) is 1. The first kappa shape index (κ1) is 11.9. The summed E-state index contributed by atoms with van der Waals surface area (Å²) in [5.41, 5.74) is 6.56. The van der Waals surface area contributed by atoms with E-state index in [9.17, 15) is 4.39 Å². The molecular weight excluding hydrogens is 223 g/mol. The Morgan fingerprint density at radius 1 is 1.50 bits per heavy atom. The molecule has 1 atom stereocenters. The van der Waals surface area contributed by atoms with Gasteiger partial charge in [-0.25, -0.2) is 4.39 Å². The quantitative estimate of drug-likeness (QED) is 0.793. The molecule has 1 aliphatic heterocycles. The molecule has 88 valence electrons. The average molecular weight is 240 g/mol. The fourth-order valence-electron chi connectivity index (χ4n) is 1.96. The van der Waals surface area contributed by atoms with Gasteiger partial charge in [-0.1, -0.05) is 0 Å². The molecule has 0 bridgehead atoms. The van der Waals surface area contributed by atoms with Gasteiger partial charge < -0.3 is 11.1 Å². The molecule has 0 fully saturated rings. The highest BCUT2D eigenvalue weighted by Crippen LogP contribution is 2.36. The SMILES string of the molecule is NCCCNC1CCSc2ccc(F)cc21. The second-order valence-corrected chi connectivity index (χ2v) is 5.10. The molecule has 0 amide bonds. The van der Waals surface area contributed by atoms with E-state index in [1.54, 1.807) is 6.07 Å². The minimum atomic E-state index is -0.146. The van der Waals surface area contributed by atoms with Crippen LogP contribution in [0.4, 0.5) is 4.39 Å². The molecule has 0 aliphatic carbocycles. The van der Waals surface area contributed by atoms with Crippen LogP contribution in [0.1, 0.15) is 24.4 Å². The summed E-state index contributed by atoms with van der Waals surface area (Å²) in [6.45, 7) is 1.60. The predicted molar refractivity (Wildman–Crippen MR) is 66.2 cm³/mol. The van der Waals surface area contributed by atoms with Crippen molar-refractivity contribution in [2.24, 2.45) is 5.73 Å². The van der Waals surface area contributed by atoms with Gasteiger partial charge in [0.2, 0.25) is 0 Å². The molecule has 2 nitrogen and oxygen atoms in total. The zero-order valence-corrected chi connectivity index (χ0v) is 10.0. The van der Waals surface area contributed by atoms with Gasteiger partial charge in [0.25, 0.3) is 0 Å². The normalized spacial score (nSPS) is 19.5. The molecular formula is C12H17FN2S. The van der Waals surface area contributed by atoms with Crippen molar-refractivity contribution in [3.63, 3.8) is 0 Å². The lowest BCUT2D eigenvalue weighted by Crippen LogP contribution is -2.26. The van der Waals surface area contributed by atoms with E-state index in [0.29, 0.717) is 12.6 Å². The van der Waals surface area contributed by atoms with Gasteiger partial charge in [0.1, 0.15) is 5.82 Å². The fourth-order valence-corrected chi connectivity index (χ4v) is 3.06. The van der Waals surface area contributed by atoms with Crippen LogP contribution < -0.4 is 11.1 Å². The van der Waals surface area contributed by atoms with Crippen LogP contribution in [0, 0.1) is 5.82 Å². The Bertz CT molecular complexity index is 357. The third-order valence-electron chi connectivity index (χ3n) is 2.78.